The van der Waals surface area contributed by atoms with Crippen LogP contribution in [0, 0.1) is 0 Å². The Kier molecular flexibility index (Phi) is 8.74. The highest BCUT2D eigenvalue weighted by atomic mass is 79.9. The number of hydrogen-bond acceptors (Lipinski definition) is 5. The fourth-order valence-corrected chi connectivity index (χ4v) is 8.12. The molecule has 0 bridgehead atoms. The third kappa shape index (κ3) is 5.93. The van der Waals surface area contributed by atoms with Crippen LogP contribution in [-0.2, 0) is 28.7 Å². The first kappa shape index (κ1) is 35.3. The molecule has 0 radical (unpaired) electrons. The lowest BCUT2D eigenvalue weighted by Gasteiger charge is -2.33. The van der Waals surface area contributed by atoms with Crippen LogP contribution in [0.15, 0.2) is 129 Å². The second kappa shape index (κ2) is 12.9. The molecule has 0 fully saturated rings. The Balaban J connectivity index is 1.30. The summed E-state index contributed by atoms with van der Waals surface area (Å²) in [7, 11) is 0. The lowest BCUT2D eigenvalue weighted by Crippen LogP contribution is -2.35. The van der Waals surface area contributed by atoms with E-state index in [0.29, 0.717) is 13.1 Å². The fourth-order valence-electron chi connectivity index (χ4n) is 7.40. The Bertz CT molecular complexity index is 2350. The summed E-state index contributed by atoms with van der Waals surface area (Å²) < 4.78 is 3.91. The number of hydrogen-bond donors (Lipinski definition) is 2. The van der Waals surface area contributed by atoms with E-state index in [-0.39, 0.29) is 33.8 Å². The maximum Gasteiger partial charge on any atom is 0.335 e. The van der Waals surface area contributed by atoms with E-state index in [1.54, 1.807) is 60.7 Å². The molecule has 10 heteroatoms. The van der Waals surface area contributed by atoms with Crippen LogP contribution in [0.1, 0.15) is 70.7 Å². The molecule has 2 heterocycles. The van der Waals surface area contributed by atoms with Crippen LogP contribution in [0.3, 0.4) is 0 Å². The predicted molar refractivity (Wildman–Crippen MR) is 204 cm³/mol. The average Bonchev–Trinajstić information content (AvgIpc) is 3.43. The first-order chi connectivity index (χ1) is 24.6. The van der Waals surface area contributed by atoms with Gasteiger partial charge < -0.3 is 20.2 Å². The number of carbonyl (C=O) groups excluding carboxylic acids is 1. The van der Waals surface area contributed by atoms with Crippen LogP contribution >= 0.6 is 31.9 Å². The van der Waals surface area contributed by atoms with Gasteiger partial charge in [-0.25, -0.2) is 9.59 Å². The van der Waals surface area contributed by atoms with Crippen LogP contribution in [0.25, 0.3) is 0 Å². The molecule has 0 spiro atoms. The van der Waals surface area contributed by atoms with Gasteiger partial charge in [0.25, 0.3) is 0 Å². The SMILES string of the molecule is CC1(C)C(/C=C2/C(=O)C(/C=C3\N(Cc4ccc(C(=O)O)cc4)c4ccc(Br)cc4C3(C)C)=C2[O-])=[N+](Cc2ccc(C(=O)O)cc2)c2ccc(Br)cc21. The molecule has 2 aliphatic heterocycles. The van der Waals surface area contributed by atoms with Crippen LogP contribution < -0.4 is 10.0 Å². The minimum atomic E-state index is -1.000. The number of carboxylic acids is 2. The van der Waals surface area contributed by atoms with Crippen molar-refractivity contribution in [2.75, 3.05) is 4.90 Å². The monoisotopic (exact) mass is 820 g/mol. The second-order valence-electron chi connectivity index (χ2n) is 14.3. The van der Waals surface area contributed by atoms with E-state index < -0.39 is 22.8 Å². The Morgan fingerprint density at radius 2 is 1.33 bits per heavy atom. The summed E-state index contributed by atoms with van der Waals surface area (Å²) in [5.74, 6) is -2.66. The number of nitrogens with zero attached hydrogens (tertiary/aromatic N) is 2. The largest absolute Gasteiger partial charge is 0.871 e. The van der Waals surface area contributed by atoms with Gasteiger partial charge in [0.05, 0.1) is 16.5 Å². The van der Waals surface area contributed by atoms with Gasteiger partial charge in [-0.15, -0.1) is 0 Å². The lowest BCUT2D eigenvalue weighted by atomic mass is 9.77. The fraction of sp³-hybridized carbons (Fsp3) is 0.190. The van der Waals surface area contributed by atoms with Crippen molar-refractivity contribution in [1.82, 2.24) is 0 Å². The molecule has 0 aromatic heterocycles. The normalized spacial score (nSPS) is 18.6. The number of aromatic carboxylic acids is 2. The zero-order chi connectivity index (χ0) is 37.3. The van der Waals surface area contributed by atoms with Crippen molar-refractivity contribution in [3.8, 4) is 0 Å². The summed E-state index contributed by atoms with van der Waals surface area (Å²) in [4.78, 5) is 39.0. The summed E-state index contributed by atoms with van der Waals surface area (Å²) >= 11 is 7.20. The van der Waals surface area contributed by atoms with Gasteiger partial charge in [-0.1, -0.05) is 75.7 Å². The minimum Gasteiger partial charge on any atom is -0.871 e. The number of halogens is 2. The van der Waals surface area contributed by atoms with Gasteiger partial charge in [-0.05, 0) is 85.6 Å². The lowest BCUT2D eigenvalue weighted by molar-refractivity contribution is -0.455. The number of rotatable bonds is 8. The van der Waals surface area contributed by atoms with Crippen molar-refractivity contribution in [2.45, 2.75) is 51.6 Å². The number of ketones is 1. The minimum absolute atomic E-state index is 0.111. The molecular formula is C42H34Br2N2O6. The van der Waals surface area contributed by atoms with E-state index in [2.05, 4.69) is 81.2 Å². The standard InChI is InChI=1S/C42H34Br2N2O6/c1-41(2)31-17-27(43)13-15-33(31)45(21-23-5-9-25(10-6-23)39(49)50)35(41)19-29-37(47)30(38(29)48)20-36-42(3,4)32-18-28(44)14-16-34(32)46(36)22-24-7-11-26(12-8-24)40(51)52/h5-20H,21-22H2,1-4H3,(H2-,47,48,49,50,51,52). The third-order valence-corrected chi connectivity index (χ3v) is 11.3. The zero-order valence-corrected chi connectivity index (χ0v) is 32.0. The molecule has 262 valence electrons. The molecule has 0 unspecified atom stereocenters. The summed E-state index contributed by atoms with van der Waals surface area (Å²) in [6.07, 6.45) is 3.44. The van der Waals surface area contributed by atoms with Crippen LogP contribution in [0.4, 0.5) is 11.4 Å². The Labute approximate surface area is 318 Å². The molecule has 8 nitrogen and oxygen atoms in total. The molecule has 2 N–H and O–H groups in total. The topological polar surface area (TPSA) is 121 Å². The molecule has 52 heavy (non-hydrogen) atoms. The number of fused-ring (bicyclic) bond motifs is 2. The average molecular weight is 823 g/mol. The van der Waals surface area contributed by atoms with Gasteiger partial charge in [0.15, 0.2) is 18.0 Å². The molecule has 7 rings (SSSR count). The van der Waals surface area contributed by atoms with Crippen LogP contribution in [0.5, 0.6) is 0 Å². The van der Waals surface area contributed by atoms with Gasteiger partial charge in [-0.2, -0.15) is 4.58 Å². The molecule has 0 atom stereocenters. The third-order valence-electron chi connectivity index (χ3n) is 10.3. The van der Waals surface area contributed by atoms with E-state index in [0.717, 1.165) is 54.0 Å². The Morgan fingerprint density at radius 3 is 1.90 bits per heavy atom. The first-order valence-corrected chi connectivity index (χ1v) is 18.2. The van der Waals surface area contributed by atoms with Gasteiger partial charge >= 0.3 is 11.9 Å². The maximum absolute atomic E-state index is 14.0. The van der Waals surface area contributed by atoms with Crippen LogP contribution in [0.2, 0.25) is 0 Å². The summed E-state index contributed by atoms with van der Waals surface area (Å²) in [5.41, 5.74) is 6.77. The number of carbonyl (C=O) groups is 3. The molecule has 0 saturated heterocycles. The highest BCUT2D eigenvalue weighted by Gasteiger charge is 2.46. The van der Waals surface area contributed by atoms with Gasteiger partial charge in [0.1, 0.15) is 0 Å². The number of Topliss-reactive ketones (excluding diaryl/α,β-unsaturated/α-hetero) is 1. The van der Waals surface area contributed by atoms with Crippen molar-refractivity contribution in [3.63, 3.8) is 0 Å². The number of benzene rings is 4. The summed E-state index contributed by atoms with van der Waals surface area (Å²) in [6.45, 7) is 9.08. The van der Waals surface area contributed by atoms with Gasteiger partial charge in [0, 0.05) is 66.7 Å². The van der Waals surface area contributed by atoms with Gasteiger partial charge in [0.2, 0.25) is 5.69 Å². The zero-order valence-electron chi connectivity index (χ0n) is 28.8. The van der Waals surface area contributed by atoms with E-state index in [1.807, 2.05) is 24.3 Å². The molecular weight excluding hydrogens is 788 g/mol. The molecule has 4 aromatic rings. The molecule has 0 amide bonds. The predicted octanol–water partition coefficient (Wildman–Crippen LogP) is 8.19. The van der Waals surface area contributed by atoms with E-state index in [9.17, 15) is 29.7 Å². The summed E-state index contributed by atoms with van der Waals surface area (Å²) in [5, 5.41) is 32.8. The van der Waals surface area contributed by atoms with E-state index in [4.69, 9.17) is 0 Å². The van der Waals surface area contributed by atoms with Crippen molar-refractivity contribution < 1.29 is 34.3 Å². The van der Waals surface area contributed by atoms with Crippen molar-refractivity contribution >= 4 is 66.7 Å². The maximum atomic E-state index is 14.0. The van der Waals surface area contributed by atoms with Crippen molar-refractivity contribution in [3.05, 3.63) is 162 Å². The first-order valence-electron chi connectivity index (χ1n) is 16.6. The second-order valence-corrected chi connectivity index (χ2v) is 16.1. The number of carboxylic acid groups (broad SMARTS) is 2. The van der Waals surface area contributed by atoms with Crippen LogP contribution in [-0.4, -0.2) is 38.2 Å². The molecule has 0 saturated carbocycles. The summed E-state index contributed by atoms with van der Waals surface area (Å²) in [6, 6.07) is 25.4. The Hall–Kier alpha value is -5.06. The Morgan fingerprint density at radius 1 is 0.769 bits per heavy atom. The van der Waals surface area contributed by atoms with E-state index >= 15 is 0 Å². The molecule has 1 aliphatic carbocycles. The van der Waals surface area contributed by atoms with Crippen molar-refractivity contribution in [2.24, 2.45) is 0 Å². The molecule has 4 aromatic carbocycles. The molecule has 3 aliphatic rings. The number of anilines is 1. The van der Waals surface area contributed by atoms with E-state index in [1.165, 1.54) is 0 Å². The quantitative estimate of drug-likeness (QED) is 0.136. The highest BCUT2D eigenvalue weighted by molar-refractivity contribution is 9.10. The highest BCUT2D eigenvalue weighted by Crippen LogP contribution is 2.50. The van der Waals surface area contributed by atoms with Crippen molar-refractivity contribution in [1.29, 1.82) is 0 Å². The van der Waals surface area contributed by atoms with Gasteiger partial charge in [-0.3, -0.25) is 4.79 Å². The smallest absolute Gasteiger partial charge is 0.335 e. The number of allylic oxidation sites excluding steroid dienone is 5.